The summed E-state index contributed by atoms with van der Waals surface area (Å²) in [4.78, 5) is 29.2. The van der Waals surface area contributed by atoms with E-state index in [1.165, 1.54) is 32.4 Å². The number of methoxy groups -OCH3 is 1. The summed E-state index contributed by atoms with van der Waals surface area (Å²) in [5.74, 6) is 0.431. The Bertz CT molecular complexity index is 908. The third kappa shape index (κ3) is 3.44. The molecule has 2 fully saturated rings. The third-order valence-electron chi connectivity index (χ3n) is 6.08. The van der Waals surface area contributed by atoms with Crippen molar-refractivity contribution in [2.75, 3.05) is 33.3 Å². The van der Waals surface area contributed by atoms with Crippen LogP contribution in [0, 0.1) is 6.92 Å². The molecular weight excluding hydrogens is 354 g/mol. The Labute approximate surface area is 165 Å². The molecule has 148 valence electrons. The van der Waals surface area contributed by atoms with Crippen molar-refractivity contribution in [1.82, 2.24) is 14.4 Å². The van der Waals surface area contributed by atoms with E-state index < -0.39 is 0 Å². The van der Waals surface area contributed by atoms with Crippen molar-refractivity contribution in [3.05, 3.63) is 58.0 Å². The molecule has 0 unspecified atom stereocenters. The molecule has 1 amide bonds. The van der Waals surface area contributed by atoms with E-state index >= 15 is 0 Å². The monoisotopic (exact) mass is 381 g/mol. The van der Waals surface area contributed by atoms with Gasteiger partial charge in [0.1, 0.15) is 0 Å². The average Bonchev–Trinajstić information content (AvgIpc) is 2.67. The molecule has 1 aromatic carbocycles. The number of piperazine rings is 1. The highest BCUT2D eigenvalue weighted by Gasteiger charge is 2.29. The lowest BCUT2D eigenvalue weighted by molar-refractivity contribution is 0.0455. The van der Waals surface area contributed by atoms with Crippen molar-refractivity contribution in [3.63, 3.8) is 0 Å². The highest BCUT2D eigenvalue weighted by atomic mass is 16.5. The summed E-state index contributed by atoms with van der Waals surface area (Å²) in [6, 6.07) is 9.78. The zero-order valence-corrected chi connectivity index (χ0v) is 16.6. The van der Waals surface area contributed by atoms with Crippen LogP contribution in [0.4, 0.5) is 0 Å². The van der Waals surface area contributed by atoms with Gasteiger partial charge in [-0.2, -0.15) is 0 Å². The van der Waals surface area contributed by atoms with Crippen LogP contribution in [-0.4, -0.2) is 59.6 Å². The molecule has 6 heteroatoms. The lowest BCUT2D eigenvalue weighted by Gasteiger charge is -2.42. The van der Waals surface area contributed by atoms with Gasteiger partial charge in [-0.15, -0.1) is 0 Å². The summed E-state index contributed by atoms with van der Waals surface area (Å²) in [6.45, 7) is 5.40. The Balaban J connectivity index is 1.46. The maximum absolute atomic E-state index is 12.9. The largest absolute Gasteiger partial charge is 0.491 e. The van der Waals surface area contributed by atoms with E-state index in [2.05, 4.69) is 4.90 Å². The van der Waals surface area contributed by atoms with Gasteiger partial charge >= 0.3 is 0 Å². The quantitative estimate of drug-likeness (QED) is 0.816. The zero-order valence-electron chi connectivity index (χ0n) is 16.6. The van der Waals surface area contributed by atoms with E-state index in [9.17, 15) is 9.59 Å². The van der Waals surface area contributed by atoms with Crippen LogP contribution in [0.2, 0.25) is 0 Å². The number of carbonyl (C=O) groups excluding carboxylic acids is 1. The molecule has 2 heterocycles. The van der Waals surface area contributed by atoms with Crippen molar-refractivity contribution in [1.29, 1.82) is 0 Å². The first kappa shape index (κ1) is 18.7. The van der Waals surface area contributed by atoms with Gasteiger partial charge in [-0.1, -0.05) is 6.42 Å². The van der Waals surface area contributed by atoms with Crippen molar-refractivity contribution in [3.8, 4) is 11.4 Å². The predicted octanol–water partition coefficient (Wildman–Crippen LogP) is 2.46. The molecule has 1 aliphatic carbocycles. The molecule has 1 saturated carbocycles. The van der Waals surface area contributed by atoms with Crippen LogP contribution >= 0.6 is 0 Å². The summed E-state index contributed by atoms with van der Waals surface area (Å²) < 4.78 is 7.11. The number of nitrogens with zero attached hydrogens (tertiary/aromatic N) is 3. The minimum Gasteiger partial charge on any atom is -0.491 e. The van der Waals surface area contributed by atoms with E-state index in [4.69, 9.17) is 4.74 Å². The van der Waals surface area contributed by atoms with Crippen molar-refractivity contribution < 1.29 is 9.53 Å². The minimum absolute atomic E-state index is 0.0917. The molecule has 1 saturated heterocycles. The number of benzene rings is 1. The van der Waals surface area contributed by atoms with Gasteiger partial charge in [-0.05, 0) is 44.0 Å². The number of hydrogen-bond acceptors (Lipinski definition) is 4. The van der Waals surface area contributed by atoms with Crippen LogP contribution in [-0.2, 0) is 0 Å². The Morgan fingerprint density at radius 2 is 1.71 bits per heavy atom. The van der Waals surface area contributed by atoms with Crippen LogP contribution in [0.1, 0.15) is 35.3 Å². The first-order valence-electron chi connectivity index (χ1n) is 9.98. The molecule has 1 aliphatic heterocycles. The maximum atomic E-state index is 12.9. The second kappa shape index (κ2) is 7.80. The molecule has 6 nitrogen and oxygen atoms in total. The summed E-state index contributed by atoms with van der Waals surface area (Å²) >= 11 is 0. The zero-order chi connectivity index (χ0) is 19.7. The van der Waals surface area contributed by atoms with Gasteiger partial charge in [-0.3, -0.25) is 14.5 Å². The molecular formula is C22H27N3O3. The fourth-order valence-electron chi connectivity index (χ4n) is 4.13. The van der Waals surface area contributed by atoms with Gasteiger partial charge in [0.25, 0.3) is 5.91 Å². The van der Waals surface area contributed by atoms with Gasteiger partial charge in [0, 0.05) is 55.7 Å². The third-order valence-corrected chi connectivity index (χ3v) is 6.08. The molecule has 4 rings (SSSR count). The van der Waals surface area contributed by atoms with Crippen LogP contribution in [0.5, 0.6) is 5.75 Å². The second-order valence-corrected chi connectivity index (χ2v) is 7.63. The number of rotatable bonds is 4. The Kier molecular flexibility index (Phi) is 5.22. The molecule has 1 aromatic heterocycles. The van der Waals surface area contributed by atoms with Crippen molar-refractivity contribution in [2.24, 2.45) is 0 Å². The Hall–Kier alpha value is -2.60. The van der Waals surface area contributed by atoms with Crippen molar-refractivity contribution >= 4 is 5.91 Å². The lowest BCUT2D eigenvalue weighted by atomic mass is 9.91. The number of pyridine rings is 1. The van der Waals surface area contributed by atoms with Crippen LogP contribution in [0.15, 0.2) is 41.3 Å². The van der Waals surface area contributed by atoms with E-state index in [0.29, 0.717) is 11.3 Å². The number of amides is 1. The SMILES string of the molecule is COc1c(C)n(-c2ccc(C(=O)N3CCN(C4CCC4)CC3)cc2)ccc1=O. The van der Waals surface area contributed by atoms with Crippen LogP contribution < -0.4 is 10.2 Å². The first-order chi connectivity index (χ1) is 13.6. The summed E-state index contributed by atoms with van der Waals surface area (Å²) in [5.41, 5.74) is 2.19. The predicted molar refractivity (Wildman–Crippen MR) is 108 cm³/mol. The number of ether oxygens (including phenoxy) is 1. The molecule has 28 heavy (non-hydrogen) atoms. The normalized spacial score (nSPS) is 18.0. The maximum Gasteiger partial charge on any atom is 0.253 e. The molecule has 2 aromatic rings. The van der Waals surface area contributed by atoms with E-state index in [0.717, 1.165) is 43.6 Å². The molecule has 0 spiro atoms. The molecule has 0 atom stereocenters. The highest BCUT2D eigenvalue weighted by Crippen LogP contribution is 2.26. The Morgan fingerprint density at radius 3 is 2.29 bits per heavy atom. The molecule has 2 aliphatic rings. The van der Waals surface area contributed by atoms with E-state index in [1.54, 1.807) is 6.20 Å². The van der Waals surface area contributed by atoms with Gasteiger partial charge in [0.05, 0.1) is 12.8 Å². The number of aromatic nitrogens is 1. The van der Waals surface area contributed by atoms with Crippen LogP contribution in [0.3, 0.4) is 0 Å². The molecule has 0 radical (unpaired) electrons. The van der Waals surface area contributed by atoms with Gasteiger partial charge in [0.15, 0.2) is 5.75 Å². The summed E-state index contributed by atoms with van der Waals surface area (Å²) in [7, 11) is 1.50. The number of carbonyl (C=O) groups is 1. The van der Waals surface area contributed by atoms with E-state index in [1.807, 2.05) is 40.7 Å². The standard InChI is InChI=1S/C22H27N3O3/c1-16-21(28-2)20(26)10-11-25(16)19-8-6-17(7-9-19)22(27)24-14-12-23(13-15-24)18-4-3-5-18/h6-11,18H,3-5,12-15H2,1-2H3. The first-order valence-corrected chi connectivity index (χ1v) is 9.98. The lowest BCUT2D eigenvalue weighted by Crippen LogP contribution is -2.53. The summed E-state index contributed by atoms with van der Waals surface area (Å²) in [6.07, 6.45) is 5.70. The van der Waals surface area contributed by atoms with Crippen LogP contribution in [0.25, 0.3) is 5.69 Å². The fraction of sp³-hybridized carbons (Fsp3) is 0.455. The smallest absolute Gasteiger partial charge is 0.253 e. The average molecular weight is 381 g/mol. The molecule has 0 N–H and O–H groups in total. The fourth-order valence-corrected chi connectivity index (χ4v) is 4.13. The van der Waals surface area contributed by atoms with Gasteiger partial charge in [-0.25, -0.2) is 0 Å². The van der Waals surface area contributed by atoms with E-state index in [-0.39, 0.29) is 11.3 Å². The summed E-state index contributed by atoms with van der Waals surface area (Å²) in [5, 5.41) is 0. The van der Waals surface area contributed by atoms with Gasteiger partial charge < -0.3 is 14.2 Å². The topological polar surface area (TPSA) is 54.8 Å². The number of hydrogen-bond donors (Lipinski definition) is 0. The minimum atomic E-state index is -0.135. The van der Waals surface area contributed by atoms with Crippen molar-refractivity contribution in [2.45, 2.75) is 32.2 Å². The highest BCUT2D eigenvalue weighted by molar-refractivity contribution is 5.94. The van der Waals surface area contributed by atoms with Gasteiger partial charge in [0.2, 0.25) is 5.43 Å². The second-order valence-electron chi connectivity index (χ2n) is 7.63. The molecule has 0 bridgehead atoms. The Morgan fingerprint density at radius 1 is 1.04 bits per heavy atom.